The minimum atomic E-state index is -0.909. The van der Waals surface area contributed by atoms with Gasteiger partial charge in [0.25, 0.3) is 11.8 Å². The molecule has 3 N–H and O–H groups in total. The number of nitrogens with one attached hydrogen (secondary N) is 2. The molecule has 12 nitrogen and oxygen atoms in total. The number of nitrogens with zero attached hydrogens (tertiary/aromatic N) is 6. The Morgan fingerprint density at radius 1 is 1.11 bits per heavy atom. The van der Waals surface area contributed by atoms with Crippen LogP contribution in [0.2, 0.25) is 5.02 Å². The monoisotopic (exact) mass is 658 g/mol. The summed E-state index contributed by atoms with van der Waals surface area (Å²) in [5.74, 6) is -2.80. The van der Waals surface area contributed by atoms with Crippen LogP contribution < -0.4 is 15.5 Å². The van der Waals surface area contributed by atoms with Gasteiger partial charge in [0.05, 0.1) is 34.1 Å². The Balaban J connectivity index is 1.16. The Morgan fingerprint density at radius 3 is 2.46 bits per heavy atom. The van der Waals surface area contributed by atoms with E-state index < -0.39 is 23.8 Å². The van der Waals surface area contributed by atoms with Gasteiger partial charge in [0, 0.05) is 65.0 Å². The summed E-state index contributed by atoms with van der Waals surface area (Å²) in [6.45, 7) is 1.62. The molecule has 3 amide bonds. The summed E-state index contributed by atoms with van der Waals surface area (Å²) < 4.78 is 30.5. The number of amides is 3. The van der Waals surface area contributed by atoms with E-state index in [1.54, 1.807) is 14.1 Å². The summed E-state index contributed by atoms with van der Waals surface area (Å²) >= 11 is 6.43. The lowest BCUT2D eigenvalue weighted by atomic mass is 10.0. The number of carbonyl (C=O) groups excluding carboxylic acids is 3. The summed E-state index contributed by atoms with van der Waals surface area (Å²) in [6, 6.07) is 5.38. The van der Waals surface area contributed by atoms with Crippen LogP contribution >= 0.6 is 11.6 Å². The van der Waals surface area contributed by atoms with Crippen LogP contribution in [0.1, 0.15) is 46.7 Å². The van der Waals surface area contributed by atoms with E-state index in [-0.39, 0.29) is 57.4 Å². The standard InChI is InChI=1S/C31H37ClF2N8O4/c1-39(2)28-24(33)14-22(27(34)38-28)25-15-35-29(41(25)4)31(46)37-18-5-6-21(23(32)11-18)30(45)36-17-7-9-42(10-8-17)26(44)13-19-12-20(43)16-40(19)3/h5-6,11,14-15,17,19-20,43H,7-10,12-13,16H2,1-4H3,(H,36,45)(H,37,46)/t19?,20-/m1/s1. The lowest BCUT2D eigenvalue weighted by molar-refractivity contribution is -0.133. The summed E-state index contributed by atoms with van der Waals surface area (Å²) in [7, 11) is 6.49. The van der Waals surface area contributed by atoms with Crippen LogP contribution in [0.5, 0.6) is 0 Å². The van der Waals surface area contributed by atoms with Gasteiger partial charge in [-0.3, -0.25) is 14.4 Å². The number of hydrogen-bond acceptors (Lipinski definition) is 8. The van der Waals surface area contributed by atoms with E-state index in [4.69, 9.17) is 11.6 Å². The summed E-state index contributed by atoms with van der Waals surface area (Å²) in [4.78, 5) is 51.8. The molecule has 1 unspecified atom stereocenters. The maximum Gasteiger partial charge on any atom is 0.291 e. The number of β-amino-alcohol motifs (C(OH)–C–C–N with tert-alkyl or cyclic N) is 1. The average Bonchev–Trinajstić information content (AvgIpc) is 3.53. The van der Waals surface area contributed by atoms with Crippen molar-refractivity contribution in [1.29, 1.82) is 0 Å². The van der Waals surface area contributed by atoms with E-state index in [2.05, 4.69) is 20.6 Å². The molecule has 5 rings (SSSR count). The maximum atomic E-state index is 14.7. The van der Waals surface area contributed by atoms with Crippen molar-refractivity contribution in [3.8, 4) is 11.3 Å². The average molecular weight is 659 g/mol. The van der Waals surface area contributed by atoms with E-state index in [1.807, 2.05) is 16.8 Å². The molecule has 2 fully saturated rings. The molecule has 0 bridgehead atoms. The number of likely N-dealkylation sites (N-methyl/N-ethyl adjacent to an activating group) is 1. The zero-order valence-electron chi connectivity index (χ0n) is 26.1. The normalized spacial score (nSPS) is 18.9. The Bertz CT molecular complexity index is 1640. The van der Waals surface area contributed by atoms with E-state index in [1.165, 1.54) is 40.9 Å². The number of imidazole rings is 1. The van der Waals surface area contributed by atoms with Gasteiger partial charge in [-0.1, -0.05) is 11.6 Å². The molecule has 2 aromatic heterocycles. The number of anilines is 2. The minimum absolute atomic E-state index is 0.0373. The summed E-state index contributed by atoms with van der Waals surface area (Å²) in [6.07, 6.45) is 3.02. The molecule has 2 aliphatic heterocycles. The maximum absolute atomic E-state index is 14.7. The minimum Gasteiger partial charge on any atom is -0.392 e. The third-order valence-electron chi connectivity index (χ3n) is 8.53. The molecule has 46 heavy (non-hydrogen) atoms. The fourth-order valence-electron chi connectivity index (χ4n) is 5.94. The molecule has 2 saturated heterocycles. The first-order valence-corrected chi connectivity index (χ1v) is 15.3. The van der Waals surface area contributed by atoms with Crippen molar-refractivity contribution in [1.82, 2.24) is 29.7 Å². The molecule has 0 radical (unpaired) electrons. The van der Waals surface area contributed by atoms with Crippen LogP contribution in [0.25, 0.3) is 11.3 Å². The molecule has 1 aromatic carbocycles. The molecule has 246 valence electrons. The molecular formula is C31H37ClF2N8O4. The van der Waals surface area contributed by atoms with Crippen LogP contribution in [0.3, 0.4) is 0 Å². The molecule has 0 aliphatic carbocycles. The first-order chi connectivity index (χ1) is 21.8. The first-order valence-electron chi connectivity index (χ1n) is 15.0. The van der Waals surface area contributed by atoms with Gasteiger partial charge in [-0.05, 0) is 50.6 Å². The van der Waals surface area contributed by atoms with E-state index >= 15 is 0 Å². The third-order valence-corrected chi connectivity index (χ3v) is 8.85. The Hall–Kier alpha value is -4.14. The zero-order valence-corrected chi connectivity index (χ0v) is 26.8. The predicted octanol–water partition coefficient (Wildman–Crippen LogP) is 2.91. The number of pyridine rings is 1. The molecule has 0 spiro atoms. The SMILES string of the molecule is CN(C)c1nc(F)c(-c2cnc(C(=O)Nc3ccc(C(=O)NC4CCN(C(=O)CC5C[C@@H](O)CN5C)CC4)c(Cl)c3)n2C)cc1F. The predicted molar refractivity (Wildman–Crippen MR) is 169 cm³/mol. The van der Waals surface area contributed by atoms with E-state index in [0.717, 1.165) is 6.07 Å². The summed E-state index contributed by atoms with van der Waals surface area (Å²) in [5, 5.41) is 15.6. The van der Waals surface area contributed by atoms with Gasteiger partial charge < -0.3 is 35.0 Å². The molecule has 0 saturated carbocycles. The number of rotatable bonds is 8. The van der Waals surface area contributed by atoms with Crippen molar-refractivity contribution in [2.75, 3.05) is 51.0 Å². The van der Waals surface area contributed by atoms with Crippen molar-refractivity contribution >= 4 is 40.8 Å². The molecule has 15 heteroatoms. The van der Waals surface area contributed by atoms with Crippen molar-refractivity contribution in [3.05, 3.63) is 58.6 Å². The number of aromatic nitrogens is 3. The number of hydrogen-bond donors (Lipinski definition) is 3. The van der Waals surface area contributed by atoms with Crippen molar-refractivity contribution in [2.24, 2.45) is 7.05 Å². The van der Waals surface area contributed by atoms with Crippen LogP contribution in [0.15, 0.2) is 30.5 Å². The lowest BCUT2D eigenvalue weighted by Gasteiger charge is -2.33. The zero-order chi connectivity index (χ0) is 33.3. The van der Waals surface area contributed by atoms with Gasteiger partial charge in [0.1, 0.15) is 0 Å². The van der Waals surface area contributed by atoms with Gasteiger partial charge in [0.2, 0.25) is 11.9 Å². The van der Waals surface area contributed by atoms with Gasteiger partial charge in [-0.15, -0.1) is 0 Å². The van der Waals surface area contributed by atoms with E-state index in [9.17, 15) is 28.3 Å². The second-order valence-corrected chi connectivity index (χ2v) is 12.4. The van der Waals surface area contributed by atoms with E-state index in [0.29, 0.717) is 51.0 Å². The van der Waals surface area contributed by atoms with Gasteiger partial charge in [0.15, 0.2) is 17.5 Å². The topological polar surface area (TPSA) is 136 Å². The Labute approximate surface area is 270 Å². The fraction of sp³-hybridized carbons (Fsp3) is 0.452. The largest absolute Gasteiger partial charge is 0.392 e. The molecule has 4 heterocycles. The second-order valence-electron chi connectivity index (χ2n) is 12.0. The first kappa shape index (κ1) is 33.2. The van der Waals surface area contributed by atoms with Gasteiger partial charge in [-0.2, -0.15) is 9.37 Å². The number of halogens is 3. The number of carbonyl (C=O) groups is 3. The van der Waals surface area contributed by atoms with Gasteiger partial charge in [-0.25, -0.2) is 9.37 Å². The quantitative estimate of drug-likeness (QED) is 0.315. The highest BCUT2D eigenvalue weighted by Crippen LogP contribution is 2.28. The second kappa shape index (κ2) is 13.7. The van der Waals surface area contributed by atoms with Crippen molar-refractivity contribution in [3.63, 3.8) is 0 Å². The van der Waals surface area contributed by atoms with Crippen LogP contribution in [0.4, 0.5) is 20.3 Å². The van der Waals surface area contributed by atoms with Crippen molar-refractivity contribution < 1.29 is 28.3 Å². The number of piperidine rings is 1. The summed E-state index contributed by atoms with van der Waals surface area (Å²) in [5.41, 5.74) is 0.537. The number of likely N-dealkylation sites (tertiary alicyclic amines) is 2. The number of aliphatic hydroxyl groups is 1. The molecule has 3 aromatic rings. The Kier molecular flexibility index (Phi) is 9.89. The molecule has 2 atom stereocenters. The van der Waals surface area contributed by atoms with Crippen LogP contribution in [0, 0.1) is 11.8 Å². The lowest BCUT2D eigenvalue weighted by Crippen LogP contribution is -2.47. The smallest absolute Gasteiger partial charge is 0.291 e. The van der Waals surface area contributed by atoms with Crippen LogP contribution in [-0.4, -0.2) is 106 Å². The highest BCUT2D eigenvalue weighted by atomic mass is 35.5. The third kappa shape index (κ3) is 7.13. The number of benzene rings is 1. The fourth-order valence-corrected chi connectivity index (χ4v) is 6.21. The van der Waals surface area contributed by atoms with Crippen molar-refractivity contribution in [2.45, 2.75) is 43.9 Å². The number of aliphatic hydroxyl groups excluding tert-OH is 1. The highest BCUT2D eigenvalue weighted by molar-refractivity contribution is 6.34. The highest BCUT2D eigenvalue weighted by Gasteiger charge is 2.32. The van der Waals surface area contributed by atoms with Gasteiger partial charge >= 0.3 is 0 Å². The Morgan fingerprint density at radius 2 is 1.83 bits per heavy atom. The molecule has 2 aliphatic rings. The van der Waals surface area contributed by atoms with Crippen LogP contribution in [-0.2, 0) is 11.8 Å². The molecular weight excluding hydrogens is 622 g/mol.